The van der Waals surface area contributed by atoms with Crippen molar-refractivity contribution in [3.8, 4) is 11.1 Å². The van der Waals surface area contributed by atoms with Gasteiger partial charge < -0.3 is 21.7 Å². The number of hydrogen-bond acceptors (Lipinski definition) is 7. The largest absolute Gasteiger partial charge is 0.388 e. The van der Waals surface area contributed by atoms with E-state index in [0.717, 1.165) is 40.3 Å². The van der Waals surface area contributed by atoms with E-state index in [1.807, 2.05) is 31.3 Å². The van der Waals surface area contributed by atoms with Gasteiger partial charge in [0.25, 0.3) is 0 Å². The third-order valence-corrected chi connectivity index (χ3v) is 4.09. The first kappa shape index (κ1) is 26.0. The number of anilines is 2. The lowest BCUT2D eigenvalue weighted by molar-refractivity contribution is -0.106. The molecule has 0 saturated carbocycles. The zero-order chi connectivity index (χ0) is 24.1. The van der Waals surface area contributed by atoms with Gasteiger partial charge in [0.2, 0.25) is 0 Å². The minimum absolute atomic E-state index is 0.0167. The number of carbonyl (C=O) groups excluding carboxylic acids is 1. The Bertz CT molecular complexity index is 1020. The van der Waals surface area contributed by atoms with E-state index in [9.17, 15) is 8.78 Å². The molecule has 0 bridgehead atoms. The van der Waals surface area contributed by atoms with Crippen LogP contribution in [0.5, 0.6) is 0 Å². The van der Waals surface area contributed by atoms with Crippen LogP contribution in [-0.2, 0) is 4.79 Å². The molecule has 1 aromatic carbocycles. The highest BCUT2D eigenvalue weighted by atomic mass is 19.1. The fraction of sp³-hybridized carbons (Fsp3) is 0.136. The molecule has 0 fully saturated rings. The number of nitrogens with zero attached hydrogens (tertiary/aromatic N) is 3. The molecule has 0 saturated heterocycles. The third-order valence-electron chi connectivity index (χ3n) is 4.09. The first-order valence-corrected chi connectivity index (χ1v) is 9.43. The number of rotatable bonds is 6. The lowest BCUT2D eigenvalue weighted by atomic mass is 10.0. The average molecular weight is 444 g/mol. The summed E-state index contributed by atoms with van der Waals surface area (Å²) in [7, 11) is 1.82. The molecule has 1 aromatic heterocycles. The van der Waals surface area contributed by atoms with Gasteiger partial charge in [-0.25, -0.2) is 19.6 Å². The van der Waals surface area contributed by atoms with E-state index in [1.54, 1.807) is 12.3 Å². The molecule has 0 amide bonds. The van der Waals surface area contributed by atoms with E-state index >= 15 is 0 Å². The molecule has 1 heterocycles. The van der Waals surface area contributed by atoms with Crippen molar-refractivity contribution in [2.24, 2.45) is 16.8 Å². The number of hydrogen-bond donors (Lipinski definition) is 4. The van der Waals surface area contributed by atoms with Crippen LogP contribution >= 0.6 is 0 Å². The highest BCUT2D eigenvalue weighted by molar-refractivity contribution is 6.03. The zero-order valence-electron chi connectivity index (χ0n) is 18.1. The number of carbonyl (C=O) groups is 1. The van der Waals surface area contributed by atoms with Crippen LogP contribution < -0.4 is 22.7 Å². The van der Waals surface area contributed by atoms with E-state index in [2.05, 4.69) is 15.4 Å². The van der Waals surface area contributed by atoms with Gasteiger partial charge in [-0.1, -0.05) is 18.2 Å². The van der Waals surface area contributed by atoms with Crippen molar-refractivity contribution in [3.05, 3.63) is 78.2 Å². The molecule has 0 unspecified atom stereocenters. The van der Waals surface area contributed by atoms with Gasteiger partial charge in [0, 0.05) is 24.5 Å². The second-order valence-electron chi connectivity index (χ2n) is 6.08. The highest BCUT2D eigenvalue weighted by Crippen LogP contribution is 2.25. The smallest absolute Gasteiger partial charge is 0.177 e. The number of nitrogens with two attached hydrogens (primary N) is 3. The van der Waals surface area contributed by atoms with Gasteiger partial charge in [-0.2, -0.15) is 5.10 Å². The molecule has 0 radical (unpaired) electrons. The quantitative estimate of drug-likeness (QED) is 0.134. The summed E-state index contributed by atoms with van der Waals surface area (Å²) in [6.45, 7) is 2.94. The number of amidine groups is 1. The molecule has 7 N–H and O–H groups in total. The predicted molar refractivity (Wildman–Crippen MR) is 125 cm³/mol. The third kappa shape index (κ3) is 7.03. The molecule has 0 aliphatic carbocycles. The Kier molecular flexibility index (Phi) is 10.8. The van der Waals surface area contributed by atoms with Gasteiger partial charge in [-0.15, -0.1) is 0 Å². The molecular weight excluding hydrogens is 416 g/mol. The number of pyridine rings is 1. The molecule has 10 heteroatoms. The van der Waals surface area contributed by atoms with E-state index in [-0.39, 0.29) is 23.7 Å². The number of nitrogens with one attached hydrogen (secondary N) is 1. The number of nitrogen functional groups attached to an aromatic ring is 1. The Morgan fingerprint density at radius 2 is 1.84 bits per heavy atom. The minimum atomic E-state index is -0.616. The van der Waals surface area contributed by atoms with Crippen LogP contribution in [0.1, 0.15) is 19.4 Å². The van der Waals surface area contributed by atoms with Gasteiger partial charge in [0.1, 0.15) is 17.9 Å². The molecular formula is C22H27F2N7O. The molecule has 32 heavy (non-hydrogen) atoms. The summed E-state index contributed by atoms with van der Waals surface area (Å²) in [5.74, 6) is 11.0. The maximum atomic E-state index is 13.7. The number of hydrazine groups is 1. The SMILES string of the molecule is CC=O.C\C=C(F)/C=C(\C=C\F)N(N)/C(=N\N)c1cc(-c2ccc(NC)cc2)cnc1N. The Labute approximate surface area is 185 Å². The number of allylic oxidation sites excluding steroid dienone is 4. The Morgan fingerprint density at radius 3 is 2.34 bits per heavy atom. The first-order valence-electron chi connectivity index (χ1n) is 9.43. The second kappa shape index (κ2) is 13.3. The molecule has 0 aliphatic heterocycles. The van der Waals surface area contributed by atoms with Crippen molar-refractivity contribution < 1.29 is 13.6 Å². The first-order chi connectivity index (χ1) is 15.4. The Hall–Kier alpha value is -4.05. The van der Waals surface area contributed by atoms with Crippen molar-refractivity contribution in [2.45, 2.75) is 13.8 Å². The lowest BCUT2D eigenvalue weighted by Crippen LogP contribution is -2.38. The van der Waals surface area contributed by atoms with Gasteiger partial charge in [-0.3, -0.25) is 5.01 Å². The summed E-state index contributed by atoms with van der Waals surface area (Å²) >= 11 is 0. The van der Waals surface area contributed by atoms with Crippen molar-refractivity contribution in [3.63, 3.8) is 0 Å². The molecule has 8 nitrogen and oxygen atoms in total. The number of benzene rings is 1. The molecule has 2 aromatic rings. The minimum Gasteiger partial charge on any atom is -0.388 e. The summed E-state index contributed by atoms with van der Waals surface area (Å²) in [6.07, 6.45) is 5.78. The second-order valence-corrected chi connectivity index (χ2v) is 6.08. The summed E-state index contributed by atoms with van der Waals surface area (Å²) in [5, 5.41) is 7.64. The van der Waals surface area contributed by atoms with Gasteiger partial charge >= 0.3 is 0 Å². The number of hydrazone groups is 1. The van der Waals surface area contributed by atoms with Crippen LogP contribution in [0.3, 0.4) is 0 Å². The molecule has 170 valence electrons. The maximum Gasteiger partial charge on any atom is 0.177 e. The topological polar surface area (TPSA) is 136 Å². The standard InChI is InChI=1S/C20H23F2N7.C2H4O/c1-3-15(22)11-17(8-9-21)29(25)20(28-24)18-10-14(12-27-19(18)23)13-4-6-16(26-2)7-5-13;1-2-3/h3-12,26H,24-25H2,1-2H3,(H2,23,27);2H,1H3/b9-8+,15-3+,17-11+,28-20-;. The fourth-order valence-electron chi connectivity index (χ4n) is 2.51. The van der Waals surface area contributed by atoms with E-state index in [1.165, 1.54) is 19.9 Å². The average Bonchev–Trinajstić information content (AvgIpc) is 2.80. The number of aromatic nitrogens is 1. The molecule has 0 spiro atoms. The van der Waals surface area contributed by atoms with E-state index in [0.29, 0.717) is 5.56 Å². The van der Waals surface area contributed by atoms with Crippen molar-refractivity contribution >= 4 is 23.6 Å². The van der Waals surface area contributed by atoms with Gasteiger partial charge in [0.15, 0.2) is 5.84 Å². The normalized spacial score (nSPS) is 12.2. The van der Waals surface area contributed by atoms with Crippen molar-refractivity contribution in [2.75, 3.05) is 18.1 Å². The summed E-state index contributed by atoms with van der Waals surface area (Å²) < 4.78 is 26.5. The Balaban J connectivity index is 0.00000161. The zero-order valence-corrected chi connectivity index (χ0v) is 18.1. The molecule has 0 atom stereocenters. The van der Waals surface area contributed by atoms with Crippen LogP contribution in [-0.4, -0.2) is 29.2 Å². The summed E-state index contributed by atoms with van der Waals surface area (Å²) in [4.78, 5) is 13.0. The summed E-state index contributed by atoms with van der Waals surface area (Å²) in [5.41, 5.74) is 8.83. The fourth-order valence-corrected chi connectivity index (χ4v) is 2.51. The van der Waals surface area contributed by atoms with Gasteiger partial charge in [0.05, 0.1) is 17.6 Å². The van der Waals surface area contributed by atoms with Crippen LogP contribution in [0.25, 0.3) is 11.1 Å². The van der Waals surface area contributed by atoms with Crippen LogP contribution in [0, 0.1) is 0 Å². The highest BCUT2D eigenvalue weighted by Gasteiger charge is 2.18. The molecule has 2 rings (SSSR count). The predicted octanol–water partition coefficient (Wildman–Crippen LogP) is 3.61. The summed E-state index contributed by atoms with van der Waals surface area (Å²) in [6, 6.07) is 9.32. The lowest BCUT2D eigenvalue weighted by Gasteiger charge is -2.22. The van der Waals surface area contributed by atoms with Crippen LogP contribution in [0.2, 0.25) is 0 Å². The number of halogens is 2. The molecule has 0 aliphatic rings. The van der Waals surface area contributed by atoms with Crippen LogP contribution in [0.4, 0.5) is 20.3 Å². The van der Waals surface area contributed by atoms with Crippen LogP contribution in [0.15, 0.2) is 77.7 Å². The van der Waals surface area contributed by atoms with E-state index in [4.69, 9.17) is 22.2 Å². The Morgan fingerprint density at radius 1 is 1.22 bits per heavy atom. The van der Waals surface area contributed by atoms with E-state index < -0.39 is 5.83 Å². The maximum absolute atomic E-state index is 13.7. The van der Waals surface area contributed by atoms with Crippen molar-refractivity contribution in [1.29, 1.82) is 0 Å². The monoisotopic (exact) mass is 443 g/mol. The van der Waals surface area contributed by atoms with Crippen molar-refractivity contribution in [1.82, 2.24) is 9.99 Å². The number of aldehydes is 1. The van der Waals surface area contributed by atoms with Gasteiger partial charge in [-0.05, 0) is 49.8 Å².